The summed E-state index contributed by atoms with van der Waals surface area (Å²) in [5, 5.41) is 25.2. The first-order chi connectivity index (χ1) is 17.1. The summed E-state index contributed by atoms with van der Waals surface area (Å²) < 4.78 is 0. The second-order valence-corrected chi connectivity index (χ2v) is 8.81. The van der Waals surface area contributed by atoms with Crippen LogP contribution in [0.2, 0.25) is 0 Å². The molecule has 0 aliphatic carbocycles. The molecule has 37 heavy (non-hydrogen) atoms. The maximum Gasteiger partial charge on any atom is 0.326 e. The van der Waals surface area contributed by atoms with Crippen molar-refractivity contribution in [3.8, 4) is 0 Å². The predicted octanol–water partition coefficient (Wildman–Crippen LogP) is -3.31. The molecule has 4 amide bonds. The van der Waals surface area contributed by atoms with E-state index in [-0.39, 0.29) is 37.7 Å². The Morgan fingerprint density at radius 2 is 1.35 bits per heavy atom. The zero-order valence-corrected chi connectivity index (χ0v) is 20.9. The Hall–Kier alpha value is -3.95. The molecule has 0 aromatic rings. The molecular formula is C21H38N8O8. The smallest absolute Gasteiger partial charge is 0.326 e. The van der Waals surface area contributed by atoms with E-state index in [0.29, 0.717) is 6.42 Å². The molecular weight excluding hydrogens is 492 g/mol. The molecule has 16 heteroatoms. The number of carbonyl (C=O) groups is 6. The summed E-state index contributed by atoms with van der Waals surface area (Å²) in [5.41, 5.74) is 21.4. The highest BCUT2D eigenvalue weighted by atomic mass is 16.4. The molecule has 210 valence electrons. The average molecular weight is 531 g/mol. The van der Waals surface area contributed by atoms with Crippen molar-refractivity contribution >= 4 is 41.5 Å². The lowest BCUT2D eigenvalue weighted by atomic mass is 10.0. The van der Waals surface area contributed by atoms with Crippen molar-refractivity contribution < 1.29 is 39.0 Å². The number of nitrogens with one attached hydrogen (secondary N) is 3. The van der Waals surface area contributed by atoms with E-state index >= 15 is 0 Å². The van der Waals surface area contributed by atoms with Crippen LogP contribution in [-0.4, -0.2) is 82.5 Å². The molecule has 0 saturated heterocycles. The van der Waals surface area contributed by atoms with Crippen molar-refractivity contribution in [2.75, 3.05) is 6.54 Å². The zero-order valence-electron chi connectivity index (χ0n) is 20.9. The molecule has 0 spiro atoms. The number of hydrogen-bond donors (Lipinski definition) is 9. The van der Waals surface area contributed by atoms with Crippen molar-refractivity contribution in [2.45, 2.75) is 76.5 Å². The number of rotatable bonds is 18. The molecule has 0 saturated carbocycles. The van der Waals surface area contributed by atoms with Crippen LogP contribution in [0.3, 0.4) is 0 Å². The number of guanidine groups is 1. The number of primary amides is 1. The minimum atomic E-state index is -1.53. The third-order valence-electron chi connectivity index (χ3n) is 4.94. The van der Waals surface area contributed by atoms with Gasteiger partial charge in [0.1, 0.15) is 18.1 Å². The lowest BCUT2D eigenvalue weighted by molar-refractivity contribution is -0.143. The summed E-state index contributed by atoms with van der Waals surface area (Å²) in [6.07, 6.45) is -0.990. The number of carboxylic acid groups (broad SMARTS) is 2. The van der Waals surface area contributed by atoms with E-state index in [1.807, 2.05) is 0 Å². The second-order valence-electron chi connectivity index (χ2n) is 8.81. The van der Waals surface area contributed by atoms with Gasteiger partial charge in [-0.3, -0.25) is 29.0 Å². The fourth-order valence-corrected chi connectivity index (χ4v) is 3.11. The summed E-state index contributed by atoms with van der Waals surface area (Å²) >= 11 is 0. The number of carboxylic acids is 2. The van der Waals surface area contributed by atoms with Gasteiger partial charge in [0.25, 0.3) is 0 Å². The fourth-order valence-electron chi connectivity index (χ4n) is 3.11. The van der Waals surface area contributed by atoms with E-state index in [9.17, 15) is 33.9 Å². The van der Waals surface area contributed by atoms with Crippen molar-refractivity contribution in [1.82, 2.24) is 16.0 Å². The van der Waals surface area contributed by atoms with Gasteiger partial charge < -0.3 is 49.1 Å². The van der Waals surface area contributed by atoms with Gasteiger partial charge in [0.05, 0.1) is 12.5 Å². The third-order valence-corrected chi connectivity index (χ3v) is 4.94. The van der Waals surface area contributed by atoms with Crippen molar-refractivity contribution in [3.05, 3.63) is 0 Å². The van der Waals surface area contributed by atoms with Crippen LogP contribution in [-0.2, 0) is 28.8 Å². The number of nitrogens with zero attached hydrogens (tertiary/aromatic N) is 1. The highest BCUT2D eigenvalue weighted by Gasteiger charge is 2.31. The van der Waals surface area contributed by atoms with E-state index in [1.165, 1.54) is 0 Å². The Balaban J connectivity index is 5.50. The topological polar surface area (TPSA) is 295 Å². The van der Waals surface area contributed by atoms with Gasteiger partial charge in [0.15, 0.2) is 5.96 Å². The SMILES string of the molecule is CC(C)CC(NC(=O)C(CCC(=O)O)NC(=O)C(CC(N)=O)NC(=O)C(N)CCCN=C(N)N)C(=O)O. The van der Waals surface area contributed by atoms with Crippen LogP contribution in [0.25, 0.3) is 0 Å². The Bertz CT molecular complexity index is 859. The van der Waals surface area contributed by atoms with Crippen LogP contribution in [0.1, 0.15) is 52.4 Å². The van der Waals surface area contributed by atoms with Crippen LogP contribution < -0.4 is 38.9 Å². The maximum atomic E-state index is 12.9. The minimum absolute atomic E-state index is 0.0854. The normalized spacial score (nSPS) is 13.9. The van der Waals surface area contributed by atoms with Gasteiger partial charge in [-0.05, 0) is 31.6 Å². The summed E-state index contributed by atoms with van der Waals surface area (Å²) in [6.45, 7) is 3.70. The minimum Gasteiger partial charge on any atom is -0.481 e. The molecule has 0 fully saturated rings. The number of aliphatic imine (C=N–C) groups is 1. The van der Waals surface area contributed by atoms with Crippen LogP contribution >= 0.6 is 0 Å². The highest BCUT2D eigenvalue weighted by Crippen LogP contribution is 2.08. The van der Waals surface area contributed by atoms with Gasteiger partial charge in [-0.15, -0.1) is 0 Å². The van der Waals surface area contributed by atoms with E-state index in [4.69, 9.17) is 28.0 Å². The van der Waals surface area contributed by atoms with E-state index in [0.717, 1.165) is 0 Å². The summed E-state index contributed by atoms with van der Waals surface area (Å²) in [5.74, 6) is -6.49. The summed E-state index contributed by atoms with van der Waals surface area (Å²) in [7, 11) is 0. The van der Waals surface area contributed by atoms with Crippen LogP contribution in [0.4, 0.5) is 0 Å². The standard InChI is InChI=1S/C21H38N8O8/c1-10(2)8-14(20(36)37)29-18(34)12(5-6-16(31)32)27-19(35)13(9-15(23)30)28-17(33)11(22)4-3-7-26-21(24)25/h10-14H,3-9,22H2,1-2H3,(H2,23,30)(H,27,35)(H,28,33)(H,29,34)(H,31,32)(H,36,37)(H4,24,25,26). The van der Waals surface area contributed by atoms with Crippen LogP contribution in [0.15, 0.2) is 4.99 Å². The molecule has 0 bridgehead atoms. The van der Waals surface area contributed by atoms with Crippen molar-refractivity contribution in [1.29, 1.82) is 0 Å². The molecule has 0 aliphatic heterocycles. The average Bonchev–Trinajstić information content (AvgIpc) is 2.76. The molecule has 4 atom stereocenters. The number of aliphatic carboxylic acids is 2. The summed E-state index contributed by atoms with van der Waals surface area (Å²) in [4.78, 5) is 75.9. The number of amides is 4. The fraction of sp³-hybridized carbons (Fsp3) is 0.667. The maximum absolute atomic E-state index is 12.9. The number of hydrogen-bond acceptors (Lipinski definition) is 8. The first kappa shape index (κ1) is 33.0. The third kappa shape index (κ3) is 14.9. The number of carbonyl (C=O) groups excluding carboxylic acids is 4. The highest BCUT2D eigenvalue weighted by molar-refractivity contribution is 5.96. The molecule has 4 unspecified atom stereocenters. The van der Waals surface area contributed by atoms with Gasteiger partial charge in [0, 0.05) is 13.0 Å². The Morgan fingerprint density at radius 3 is 1.84 bits per heavy atom. The van der Waals surface area contributed by atoms with Crippen LogP contribution in [0.5, 0.6) is 0 Å². The van der Waals surface area contributed by atoms with Gasteiger partial charge in [-0.2, -0.15) is 0 Å². The Morgan fingerprint density at radius 1 is 0.811 bits per heavy atom. The van der Waals surface area contributed by atoms with E-state index in [1.54, 1.807) is 13.8 Å². The van der Waals surface area contributed by atoms with Gasteiger partial charge in [-0.25, -0.2) is 4.79 Å². The van der Waals surface area contributed by atoms with Crippen LogP contribution in [0, 0.1) is 5.92 Å². The van der Waals surface area contributed by atoms with E-state index < -0.39 is 72.6 Å². The van der Waals surface area contributed by atoms with Gasteiger partial charge >= 0.3 is 11.9 Å². The number of nitrogens with two attached hydrogens (primary N) is 4. The Kier molecular flexibility index (Phi) is 14.9. The Labute approximate surface area is 214 Å². The predicted molar refractivity (Wildman–Crippen MR) is 131 cm³/mol. The molecule has 13 N–H and O–H groups in total. The molecule has 0 heterocycles. The lowest BCUT2D eigenvalue weighted by Gasteiger charge is -2.25. The zero-order chi connectivity index (χ0) is 28.7. The molecule has 0 rings (SSSR count). The van der Waals surface area contributed by atoms with E-state index in [2.05, 4.69) is 20.9 Å². The second kappa shape index (κ2) is 16.7. The van der Waals surface area contributed by atoms with Crippen molar-refractivity contribution in [3.63, 3.8) is 0 Å². The molecule has 0 radical (unpaired) electrons. The molecule has 0 aliphatic rings. The molecule has 16 nitrogen and oxygen atoms in total. The first-order valence-corrected chi connectivity index (χ1v) is 11.6. The molecule has 0 aromatic carbocycles. The monoisotopic (exact) mass is 530 g/mol. The lowest BCUT2D eigenvalue weighted by Crippen LogP contribution is -2.57. The first-order valence-electron chi connectivity index (χ1n) is 11.6. The quantitative estimate of drug-likeness (QED) is 0.0480. The largest absolute Gasteiger partial charge is 0.481 e. The van der Waals surface area contributed by atoms with Gasteiger partial charge in [-0.1, -0.05) is 13.8 Å². The van der Waals surface area contributed by atoms with Crippen molar-refractivity contribution in [2.24, 2.45) is 33.8 Å². The summed E-state index contributed by atoms with van der Waals surface area (Å²) in [6, 6.07) is -5.37. The van der Waals surface area contributed by atoms with Gasteiger partial charge in [0.2, 0.25) is 23.6 Å². The molecule has 0 aromatic heterocycles.